The molecule has 1 amide bonds. The molecule has 17 heavy (non-hydrogen) atoms. The number of sulfonamides is 1. The summed E-state index contributed by atoms with van der Waals surface area (Å²) in [4.78, 5) is 11.4. The maximum Gasteiger partial charge on any atom is 0.267 e. The highest BCUT2D eigenvalue weighted by Crippen LogP contribution is 2.23. The average molecular weight is 345 g/mol. The molecule has 0 radical (unpaired) electrons. The summed E-state index contributed by atoms with van der Waals surface area (Å²) in [5.41, 5.74) is 0.0604. The number of alkyl halides is 1. The lowest BCUT2D eigenvalue weighted by Crippen LogP contribution is -2.30. The predicted octanol–water partition coefficient (Wildman–Crippen LogP) is 2.06. The van der Waals surface area contributed by atoms with Crippen molar-refractivity contribution in [3.63, 3.8) is 0 Å². The average Bonchev–Trinajstić information content (AvgIpc) is 2.18. The van der Waals surface area contributed by atoms with Crippen molar-refractivity contribution in [2.24, 2.45) is 0 Å². The van der Waals surface area contributed by atoms with Crippen molar-refractivity contribution in [1.82, 2.24) is 4.72 Å². The van der Waals surface area contributed by atoms with Crippen LogP contribution in [-0.4, -0.2) is 20.6 Å². The minimum absolute atomic E-state index is 0.182. The zero-order valence-electron chi connectivity index (χ0n) is 8.63. The Labute approximate surface area is 111 Å². The lowest BCUT2D eigenvalue weighted by Gasteiger charge is -2.07. The van der Waals surface area contributed by atoms with Crippen LogP contribution in [0.4, 0.5) is 4.39 Å². The van der Waals surface area contributed by atoms with E-state index in [0.29, 0.717) is 10.9 Å². The molecule has 4 nitrogen and oxygen atoms in total. The second kappa shape index (κ2) is 5.32. The third-order valence-electron chi connectivity index (χ3n) is 1.80. The largest absolute Gasteiger partial charge is 0.268 e. The van der Waals surface area contributed by atoms with Gasteiger partial charge in [0.1, 0.15) is 5.82 Å². The molecule has 8 heteroatoms. The topological polar surface area (TPSA) is 63.2 Å². The zero-order valence-corrected chi connectivity index (χ0v) is 11.8. The minimum atomic E-state index is -3.74. The van der Waals surface area contributed by atoms with Crippen molar-refractivity contribution in [1.29, 1.82) is 0 Å². The van der Waals surface area contributed by atoms with Gasteiger partial charge in [-0.15, -0.1) is 0 Å². The van der Waals surface area contributed by atoms with Gasteiger partial charge in [-0.25, -0.2) is 17.5 Å². The van der Waals surface area contributed by atoms with Gasteiger partial charge in [0, 0.05) is 10.4 Å². The Morgan fingerprint density at radius 1 is 1.53 bits per heavy atom. The first-order valence-electron chi connectivity index (χ1n) is 4.30. The summed E-state index contributed by atoms with van der Waals surface area (Å²) in [6.45, 7) is 0. The predicted molar refractivity (Wildman–Crippen MR) is 66.4 cm³/mol. The van der Waals surface area contributed by atoms with Crippen molar-refractivity contribution in [2.75, 3.05) is 6.26 Å². The highest BCUT2D eigenvalue weighted by Gasteiger charge is 2.17. The van der Waals surface area contributed by atoms with E-state index in [1.54, 1.807) is 4.72 Å². The second-order valence-corrected chi connectivity index (χ2v) is 5.98. The molecule has 0 saturated carbocycles. The van der Waals surface area contributed by atoms with E-state index in [4.69, 9.17) is 11.6 Å². The molecular formula is C9H8BrClFNO3S. The summed E-state index contributed by atoms with van der Waals surface area (Å²) >= 11 is 8.90. The highest BCUT2D eigenvalue weighted by atomic mass is 79.9. The molecule has 0 bridgehead atoms. The van der Waals surface area contributed by atoms with Gasteiger partial charge in [-0.2, -0.15) is 0 Å². The number of halogens is 3. The molecule has 0 saturated heterocycles. The molecule has 0 unspecified atom stereocenters. The molecule has 0 aliphatic rings. The van der Waals surface area contributed by atoms with Crippen LogP contribution < -0.4 is 4.72 Å². The Morgan fingerprint density at radius 2 is 2.12 bits per heavy atom. The first-order valence-corrected chi connectivity index (χ1v) is 7.69. The van der Waals surface area contributed by atoms with Gasteiger partial charge in [0.15, 0.2) is 0 Å². The summed E-state index contributed by atoms with van der Waals surface area (Å²) in [5, 5.41) is 0.512. The van der Waals surface area contributed by atoms with Crippen molar-refractivity contribution in [3.05, 3.63) is 34.1 Å². The normalized spacial score (nSPS) is 11.3. The molecular weight excluding hydrogens is 337 g/mol. The van der Waals surface area contributed by atoms with E-state index in [-0.39, 0.29) is 5.02 Å². The molecule has 94 valence electrons. The van der Waals surface area contributed by atoms with E-state index in [9.17, 15) is 17.6 Å². The molecule has 0 atom stereocenters. The maximum absolute atomic E-state index is 13.5. The lowest BCUT2D eigenvalue weighted by molar-refractivity contribution is 0.0978. The Hall–Kier alpha value is -0.660. The number of hydrogen-bond donors (Lipinski definition) is 1. The summed E-state index contributed by atoms with van der Waals surface area (Å²) in [6, 6.07) is 2.17. The molecule has 0 aromatic heterocycles. The van der Waals surface area contributed by atoms with Crippen LogP contribution in [0.5, 0.6) is 0 Å². The molecule has 0 heterocycles. The smallest absolute Gasteiger partial charge is 0.267 e. The van der Waals surface area contributed by atoms with Crippen LogP contribution in [0.15, 0.2) is 12.1 Å². The Balaban J connectivity index is 3.16. The van der Waals surface area contributed by atoms with E-state index >= 15 is 0 Å². The number of carbonyl (C=O) groups is 1. The lowest BCUT2D eigenvalue weighted by atomic mass is 10.1. The summed E-state index contributed by atoms with van der Waals surface area (Å²) < 4.78 is 36.9. The van der Waals surface area contributed by atoms with E-state index < -0.39 is 27.3 Å². The molecule has 0 spiro atoms. The number of rotatable bonds is 3. The molecule has 0 aliphatic carbocycles. The number of nitrogens with one attached hydrogen (secondary N) is 1. The van der Waals surface area contributed by atoms with E-state index in [0.717, 1.165) is 18.4 Å². The molecule has 1 N–H and O–H groups in total. The molecule has 1 aromatic carbocycles. The van der Waals surface area contributed by atoms with Crippen molar-refractivity contribution in [3.8, 4) is 0 Å². The second-order valence-electron chi connectivity index (χ2n) is 3.26. The van der Waals surface area contributed by atoms with Crippen molar-refractivity contribution < 1.29 is 17.6 Å². The fraction of sp³-hybridized carbons (Fsp3) is 0.222. The zero-order chi connectivity index (χ0) is 13.2. The van der Waals surface area contributed by atoms with E-state index in [1.807, 2.05) is 0 Å². The Bertz CT molecular complexity index is 562. The van der Waals surface area contributed by atoms with Gasteiger partial charge in [0.25, 0.3) is 5.91 Å². The van der Waals surface area contributed by atoms with Gasteiger partial charge >= 0.3 is 0 Å². The van der Waals surface area contributed by atoms with Crippen molar-refractivity contribution >= 4 is 43.5 Å². The summed E-state index contributed by atoms with van der Waals surface area (Å²) in [7, 11) is -3.74. The molecule has 1 aromatic rings. The fourth-order valence-corrected chi connectivity index (χ4v) is 2.39. The van der Waals surface area contributed by atoms with Crippen LogP contribution in [0, 0.1) is 5.82 Å². The maximum atomic E-state index is 13.5. The minimum Gasteiger partial charge on any atom is -0.268 e. The monoisotopic (exact) mass is 343 g/mol. The number of amides is 1. The van der Waals surface area contributed by atoms with Gasteiger partial charge in [-0.1, -0.05) is 27.5 Å². The number of benzene rings is 1. The van der Waals surface area contributed by atoms with Gasteiger partial charge in [0.2, 0.25) is 10.0 Å². The first-order chi connectivity index (χ1) is 7.74. The SMILES string of the molecule is CS(=O)(=O)NC(=O)c1cc(Cl)c(CBr)cc1F. The summed E-state index contributed by atoms with van der Waals surface area (Å²) in [6.07, 6.45) is 0.803. The first kappa shape index (κ1) is 14.4. The Morgan fingerprint density at radius 3 is 2.59 bits per heavy atom. The van der Waals surface area contributed by atoms with Crippen LogP contribution in [0.25, 0.3) is 0 Å². The van der Waals surface area contributed by atoms with Crippen LogP contribution in [0.1, 0.15) is 15.9 Å². The highest BCUT2D eigenvalue weighted by molar-refractivity contribution is 9.08. The van der Waals surface area contributed by atoms with Gasteiger partial charge in [-0.05, 0) is 17.7 Å². The molecule has 0 fully saturated rings. The van der Waals surface area contributed by atoms with Crippen LogP contribution >= 0.6 is 27.5 Å². The fourth-order valence-electron chi connectivity index (χ4n) is 1.09. The Kier molecular flexibility index (Phi) is 4.51. The van der Waals surface area contributed by atoms with E-state index in [1.165, 1.54) is 0 Å². The third-order valence-corrected chi connectivity index (χ3v) is 3.31. The number of hydrogen-bond acceptors (Lipinski definition) is 3. The van der Waals surface area contributed by atoms with Crippen LogP contribution in [-0.2, 0) is 15.4 Å². The van der Waals surface area contributed by atoms with Gasteiger partial charge in [-0.3, -0.25) is 4.79 Å². The molecule has 0 aliphatic heterocycles. The number of carbonyl (C=O) groups excluding carboxylic acids is 1. The molecule has 1 rings (SSSR count). The van der Waals surface area contributed by atoms with Crippen LogP contribution in [0.2, 0.25) is 5.02 Å². The van der Waals surface area contributed by atoms with Gasteiger partial charge < -0.3 is 0 Å². The third kappa shape index (κ3) is 3.93. The van der Waals surface area contributed by atoms with E-state index in [2.05, 4.69) is 15.9 Å². The standard InChI is InChI=1S/C9H8BrClFNO3S/c1-17(15,16)13-9(14)6-3-7(11)5(4-10)2-8(6)12/h2-3H,4H2,1H3,(H,13,14). The van der Waals surface area contributed by atoms with Gasteiger partial charge in [0.05, 0.1) is 11.8 Å². The quantitative estimate of drug-likeness (QED) is 0.854. The summed E-state index contributed by atoms with van der Waals surface area (Å²) in [5.74, 6) is -1.88. The van der Waals surface area contributed by atoms with Crippen LogP contribution in [0.3, 0.4) is 0 Å². The van der Waals surface area contributed by atoms with Crippen molar-refractivity contribution in [2.45, 2.75) is 5.33 Å².